The minimum absolute atomic E-state index is 0.206. The van der Waals surface area contributed by atoms with Crippen molar-refractivity contribution in [3.05, 3.63) is 113 Å². The molecule has 0 radical (unpaired) electrons. The summed E-state index contributed by atoms with van der Waals surface area (Å²) in [5.74, 6) is -2.83. The first-order chi connectivity index (χ1) is 19.5. The van der Waals surface area contributed by atoms with Gasteiger partial charge in [-0.1, -0.05) is 97.8 Å². The number of hydrogen-bond acceptors (Lipinski definition) is 5. The molecule has 4 aromatic carbocycles. The molecule has 6 heteroatoms. The molecule has 2 spiro atoms. The first kappa shape index (κ1) is 24.0. The number of aliphatic hydroxyl groups is 2. The third-order valence-corrected chi connectivity index (χ3v) is 10.2. The van der Waals surface area contributed by atoms with E-state index in [0.717, 1.165) is 35.5 Å². The van der Waals surface area contributed by atoms with Crippen LogP contribution in [0.2, 0.25) is 0 Å². The van der Waals surface area contributed by atoms with Gasteiger partial charge in [-0.2, -0.15) is 0 Å². The predicted octanol–water partition coefficient (Wildman–Crippen LogP) is 5.59. The first-order valence-corrected chi connectivity index (χ1v) is 14.0. The molecule has 1 saturated carbocycles. The average Bonchev–Trinajstić information content (AvgIpc) is 3.70. The van der Waals surface area contributed by atoms with Crippen molar-refractivity contribution in [2.24, 2.45) is 5.41 Å². The van der Waals surface area contributed by atoms with Gasteiger partial charge in [0.2, 0.25) is 11.7 Å². The van der Waals surface area contributed by atoms with Crippen molar-refractivity contribution in [3.63, 3.8) is 0 Å². The van der Waals surface area contributed by atoms with Crippen LogP contribution in [0.5, 0.6) is 0 Å². The van der Waals surface area contributed by atoms with Crippen molar-refractivity contribution in [1.82, 2.24) is 0 Å². The lowest BCUT2D eigenvalue weighted by Crippen LogP contribution is -2.62. The molecule has 1 amide bonds. The fourth-order valence-corrected chi connectivity index (χ4v) is 8.62. The van der Waals surface area contributed by atoms with Crippen LogP contribution in [-0.2, 0) is 9.53 Å². The molecule has 0 bridgehead atoms. The van der Waals surface area contributed by atoms with Crippen LogP contribution in [0.15, 0.2) is 91.0 Å². The predicted molar refractivity (Wildman–Crippen MR) is 150 cm³/mol. The summed E-state index contributed by atoms with van der Waals surface area (Å²) in [5.41, 5.74) is 0.496. The van der Waals surface area contributed by atoms with Crippen LogP contribution >= 0.6 is 0 Å². The Bertz CT molecular complexity index is 1700. The van der Waals surface area contributed by atoms with Crippen LogP contribution in [0.1, 0.15) is 70.9 Å². The number of amides is 1. The fraction of sp³-hybridized carbons (Fsp3) is 0.294. The molecule has 0 aromatic heterocycles. The molecule has 8 rings (SSSR count). The molecule has 2 unspecified atom stereocenters. The van der Waals surface area contributed by atoms with E-state index in [0.29, 0.717) is 35.2 Å². The van der Waals surface area contributed by atoms with Crippen LogP contribution in [0.3, 0.4) is 0 Å². The van der Waals surface area contributed by atoms with Crippen LogP contribution in [-0.4, -0.2) is 33.7 Å². The Balaban J connectivity index is 1.49. The highest BCUT2D eigenvalue weighted by molar-refractivity contribution is 6.10. The van der Waals surface area contributed by atoms with Gasteiger partial charge < -0.3 is 14.9 Å². The molecule has 200 valence electrons. The molecule has 6 nitrogen and oxygen atoms in total. The number of aldehydes is 1. The monoisotopic (exact) mass is 531 g/mol. The molecule has 2 heterocycles. The summed E-state index contributed by atoms with van der Waals surface area (Å²) in [7, 11) is 0. The van der Waals surface area contributed by atoms with E-state index in [2.05, 4.69) is 0 Å². The molecule has 2 aliphatic heterocycles. The lowest BCUT2D eigenvalue weighted by Gasteiger charge is -2.45. The number of anilines is 1. The molecule has 4 aromatic rings. The zero-order chi connectivity index (χ0) is 27.3. The summed E-state index contributed by atoms with van der Waals surface area (Å²) in [5, 5.41) is 27.4. The first-order valence-electron chi connectivity index (χ1n) is 14.0. The maximum Gasteiger partial charge on any atom is 0.239 e. The average molecular weight is 532 g/mol. The van der Waals surface area contributed by atoms with Gasteiger partial charge in [0.15, 0.2) is 0 Å². The number of aliphatic hydroxyl groups excluding tert-OH is 1. The number of hydrogen-bond donors (Lipinski definition) is 2. The summed E-state index contributed by atoms with van der Waals surface area (Å²) in [4.78, 5) is 28.8. The molecule has 5 atom stereocenters. The third kappa shape index (κ3) is 2.56. The second-order valence-corrected chi connectivity index (χ2v) is 11.7. The Morgan fingerprint density at radius 1 is 0.825 bits per heavy atom. The standard InChI is InChI=1S/C34H29NO5/c36-20-22-11-2-4-14-24(22)29-28-25-15-5-6-16-26(25)30(37)33(28)34(39,40-29)32(18-7-8-19-32)31(38)35(33)27-17-9-12-21-10-1-3-13-23(21)27/h1-6,9-17,20,28-30,37,39H,7-8,18-19H2/t28-,29?,30-,33?,34+/m0/s1. The van der Waals surface area contributed by atoms with Gasteiger partial charge in [0.05, 0.1) is 11.8 Å². The van der Waals surface area contributed by atoms with Gasteiger partial charge in [-0.3, -0.25) is 14.5 Å². The summed E-state index contributed by atoms with van der Waals surface area (Å²) in [6, 6.07) is 28.6. The maximum atomic E-state index is 14.9. The quantitative estimate of drug-likeness (QED) is 0.337. The van der Waals surface area contributed by atoms with E-state index in [1.165, 1.54) is 0 Å². The zero-order valence-corrected chi connectivity index (χ0v) is 21.9. The number of carbonyl (C=O) groups is 2. The minimum atomic E-state index is -2.01. The smallest absolute Gasteiger partial charge is 0.239 e. The Kier molecular flexibility index (Phi) is 4.86. The topological polar surface area (TPSA) is 87.1 Å². The number of ether oxygens (including phenoxy) is 1. The molecular weight excluding hydrogens is 502 g/mol. The van der Waals surface area contributed by atoms with E-state index >= 15 is 0 Å². The Labute approximate surface area is 231 Å². The van der Waals surface area contributed by atoms with E-state index in [-0.39, 0.29) is 5.91 Å². The molecule has 4 aliphatic rings. The maximum absolute atomic E-state index is 14.9. The molecule has 2 saturated heterocycles. The van der Waals surface area contributed by atoms with Crippen LogP contribution in [0.25, 0.3) is 10.8 Å². The van der Waals surface area contributed by atoms with E-state index < -0.39 is 34.9 Å². The third-order valence-electron chi connectivity index (χ3n) is 10.2. The van der Waals surface area contributed by atoms with Gasteiger partial charge in [-0.15, -0.1) is 0 Å². The van der Waals surface area contributed by atoms with Gasteiger partial charge in [-0.25, -0.2) is 0 Å². The fourth-order valence-electron chi connectivity index (χ4n) is 8.62. The normalized spacial score (nSPS) is 31.5. The van der Waals surface area contributed by atoms with Crippen molar-refractivity contribution in [3.8, 4) is 0 Å². The number of benzene rings is 4. The lowest BCUT2D eigenvalue weighted by molar-refractivity contribution is -0.272. The number of rotatable bonds is 3. The number of fused-ring (bicyclic) bond motifs is 4. The van der Waals surface area contributed by atoms with Crippen molar-refractivity contribution in [2.45, 2.75) is 55.1 Å². The highest BCUT2D eigenvalue weighted by atomic mass is 16.6. The minimum Gasteiger partial charge on any atom is -0.386 e. The molecule has 2 N–H and O–H groups in total. The SMILES string of the molecule is O=Cc1ccccc1C1O[C@]2(O)C3(CCCC3)C(=O)N(c3cccc4ccccc34)C23[C@@H](O)c2ccccc2[C@@H]13. The van der Waals surface area contributed by atoms with Crippen molar-refractivity contribution in [1.29, 1.82) is 0 Å². The van der Waals surface area contributed by atoms with E-state index in [9.17, 15) is 19.8 Å². The lowest BCUT2D eigenvalue weighted by atomic mass is 9.67. The number of nitrogens with zero attached hydrogens (tertiary/aromatic N) is 1. The van der Waals surface area contributed by atoms with Crippen molar-refractivity contribution >= 4 is 28.7 Å². The van der Waals surface area contributed by atoms with Gasteiger partial charge >= 0.3 is 0 Å². The largest absolute Gasteiger partial charge is 0.386 e. The number of carbonyl (C=O) groups excluding carboxylic acids is 2. The zero-order valence-electron chi connectivity index (χ0n) is 21.9. The molecule has 2 aliphatic carbocycles. The second-order valence-electron chi connectivity index (χ2n) is 11.7. The Hall–Kier alpha value is -3.84. The highest BCUT2D eigenvalue weighted by Gasteiger charge is 2.87. The summed E-state index contributed by atoms with van der Waals surface area (Å²) < 4.78 is 6.83. The van der Waals surface area contributed by atoms with Crippen molar-refractivity contribution in [2.75, 3.05) is 4.90 Å². The van der Waals surface area contributed by atoms with E-state index in [1.807, 2.05) is 78.9 Å². The Morgan fingerprint density at radius 3 is 2.25 bits per heavy atom. The summed E-state index contributed by atoms with van der Waals surface area (Å²) in [6.07, 6.45) is 1.31. The second kappa shape index (κ2) is 8.10. The highest BCUT2D eigenvalue weighted by Crippen LogP contribution is 2.76. The Morgan fingerprint density at radius 2 is 1.48 bits per heavy atom. The van der Waals surface area contributed by atoms with Gasteiger partial charge in [0, 0.05) is 16.9 Å². The van der Waals surface area contributed by atoms with Crippen LogP contribution < -0.4 is 4.90 Å². The van der Waals surface area contributed by atoms with Gasteiger partial charge in [0.25, 0.3) is 0 Å². The van der Waals surface area contributed by atoms with E-state index in [1.54, 1.807) is 17.0 Å². The molecule has 40 heavy (non-hydrogen) atoms. The van der Waals surface area contributed by atoms with Gasteiger partial charge in [-0.05, 0) is 41.0 Å². The molecule has 3 fully saturated rings. The van der Waals surface area contributed by atoms with E-state index in [4.69, 9.17) is 4.74 Å². The van der Waals surface area contributed by atoms with Gasteiger partial charge in [0.1, 0.15) is 23.3 Å². The summed E-state index contributed by atoms with van der Waals surface area (Å²) >= 11 is 0. The van der Waals surface area contributed by atoms with Crippen molar-refractivity contribution < 1.29 is 24.5 Å². The van der Waals surface area contributed by atoms with Crippen LogP contribution in [0, 0.1) is 5.41 Å². The molecular formula is C34H29NO5. The summed E-state index contributed by atoms with van der Waals surface area (Å²) in [6.45, 7) is 0. The van der Waals surface area contributed by atoms with Crippen LogP contribution in [0.4, 0.5) is 5.69 Å².